The third-order valence-corrected chi connectivity index (χ3v) is 4.06. The van der Waals surface area contributed by atoms with Crippen molar-refractivity contribution >= 4 is 39.5 Å². The molecule has 0 aliphatic carbocycles. The van der Waals surface area contributed by atoms with Crippen LogP contribution in [0.15, 0.2) is 41.9 Å². The standard InChI is InChI=1S/C15H10ClN3S/c16-12-5-11-2-1-3-18-15(11)14(6-12)19-8-13-4-10(7-17)9-20-13/h1-6,9,19H,8H2. The molecule has 3 rings (SSSR count). The molecule has 20 heavy (non-hydrogen) atoms. The summed E-state index contributed by atoms with van der Waals surface area (Å²) in [6.07, 6.45) is 1.76. The van der Waals surface area contributed by atoms with Crippen molar-refractivity contribution in [1.29, 1.82) is 5.26 Å². The maximum Gasteiger partial charge on any atom is 0.100 e. The predicted octanol–water partition coefficient (Wildman–Crippen LogP) is 4.43. The van der Waals surface area contributed by atoms with E-state index < -0.39 is 0 Å². The van der Waals surface area contributed by atoms with Gasteiger partial charge >= 0.3 is 0 Å². The average molecular weight is 300 g/mol. The summed E-state index contributed by atoms with van der Waals surface area (Å²) in [5, 5.41) is 15.7. The number of pyridine rings is 1. The van der Waals surface area contributed by atoms with Crippen molar-refractivity contribution in [2.24, 2.45) is 0 Å². The van der Waals surface area contributed by atoms with Crippen molar-refractivity contribution in [3.05, 3.63) is 57.4 Å². The molecule has 0 aliphatic rings. The maximum atomic E-state index is 8.82. The number of aromatic nitrogens is 1. The Kier molecular flexibility index (Phi) is 3.55. The Bertz CT molecular complexity index is 804. The molecule has 0 spiro atoms. The Labute approximate surface area is 125 Å². The summed E-state index contributed by atoms with van der Waals surface area (Å²) in [7, 11) is 0. The van der Waals surface area contributed by atoms with Crippen LogP contribution in [0.5, 0.6) is 0 Å². The number of fused-ring (bicyclic) bond motifs is 1. The van der Waals surface area contributed by atoms with Gasteiger partial charge in [0.05, 0.1) is 16.8 Å². The van der Waals surface area contributed by atoms with Gasteiger partial charge in [0.25, 0.3) is 0 Å². The number of hydrogen-bond donors (Lipinski definition) is 1. The number of anilines is 1. The van der Waals surface area contributed by atoms with Gasteiger partial charge in [0.15, 0.2) is 0 Å². The minimum atomic E-state index is 0.651. The Morgan fingerprint density at radius 3 is 3.05 bits per heavy atom. The van der Waals surface area contributed by atoms with Gasteiger partial charge in [0.1, 0.15) is 6.07 Å². The summed E-state index contributed by atoms with van der Waals surface area (Å²) < 4.78 is 0. The topological polar surface area (TPSA) is 48.7 Å². The number of benzene rings is 1. The monoisotopic (exact) mass is 299 g/mol. The van der Waals surface area contributed by atoms with E-state index >= 15 is 0 Å². The van der Waals surface area contributed by atoms with E-state index in [1.807, 2.05) is 35.7 Å². The van der Waals surface area contributed by atoms with Gasteiger partial charge in [0, 0.05) is 33.4 Å². The van der Waals surface area contributed by atoms with Gasteiger partial charge in [-0.05, 0) is 24.3 Å². The minimum absolute atomic E-state index is 0.651. The lowest BCUT2D eigenvalue weighted by Gasteiger charge is -2.08. The van der Waals surface area contributed by atoms with Crippen LogP contribution in [0.2, 0.25) is 5.02 Å². The second-order valence-electron chi connectivity index (χ2n) is 4.30. The summed E-state index contributed by atoms with van der Waals surface area (Å²) >= 11 is 7.69. The summed E-state index contributed by atoms with van der Waals surface area (Å²) in [6.45, 7) is 0.651. The quantitative estimate of drug-likeness (QED) is 0.778. The molecule has 0 radical (unpaired) electrons. The second-order valence-corrected chi connectivity index (χ2v) is 5.73. The SMILES string of the molecule is N#Cc1csc(CNc2cc(Cl)cc3cccnc23)c1. The molecule has 0 unspecified atom stereocenters. The van der Waals surface area contributed by atoms with Gasteiger partial charge < -0.3 is 5.32 Å². The highest BCUT2D eigenvalue weighted by molar-refractivity contribution is 7.10. The van der Waals surface area contributed by atoms with Crippen LogP contribution in [-0.4, -0.2) is 4.98 Å². The first-order valence-corrected chi connectivity index (χ1v) is 7.28. The molecule has 1 aromatic carbocycles. The lowest BCUT2D eigenvalue weighted by Crippen LogP contribution is -1.99. The zero-order valence-electron chi connectivity index (χ0n) is 10.4. The Balaban J connectivity index is 1.89. The molecule has 5 heteroatoms. The number of nitriles is 1. The van der Waals surface area contributed by atoms with Gasteiger partial charge in [-0.2, -0.15) is 5.26 Å². The molecular formula is C15H10ClN3S. The molecule has 0 aliphatic heterocycles. The Hall–Kier alpha value is -2.09. The molecular weight excluding hydrogens is 290 g/mol. The third kappa shape index (κ3) is 2.60. The predicted molar refractivity (Wildman–Crippen MR) is 83.1 cm³/mol. The van der Waals surface area contributed by atoms with E-state index in [-0.39, 0.29) is 0 Å². The molecule has 0 saturated heterocycles. The van der Waals surface area contributed by atoms with Crippen molar-refractivity contribution in [2.45, 2.75) is 6.54 Å². The fourth-order valence-electron chi connectivity index (χ4n) is 2.00. The van der Waals surface area contributed by atoms with Crippen molar-refractivity contribution in [3.8, 4) is 6.07 Å². The average Bonchev–Trinajstić information content (AvgIpc) is 2.92. The van der Waals surface area contributed by atoms with Gasteiger partial charge in [-0.1, -0.05) is 17.7 Å². The van der Waals surface area contributed by atoms with Gasteiger partial charge in [-0.25, -0.2) is 0 Å². The van der Waals surface area contributed by atoms with E-state index in [0.29, 0.717) is 17.1 Å². The van der Waals surface area contributed by atoms with Crippen molar-refractivity contribution in [2.75, 3.05) is 5.32 Å². The van der Waals surface area contributed by atoms with E-state index in [1.54, 1.807) is 17.5 Å². The van der Waals surface area contributed by atoms with Crippen LogP contribution < -0.4 is 5.32 Å². The van der Waals surface area contributed by atoms with Gasteiger partial charge in [-0.3, -0.25) is 4.98 Å². The highest BCUT2D eigenvalue weighted by Gasteiger charge is 2.05. The molecule has 0 bridgehead atoms. The van der Waals surface area contributed by atoms with E-state index in [0.717, 1.165) is 21.5 Å². The van der Waals surface area contributed by atoms with Gasteiger partial charge in [-0.15, -0.1) is 11.3 Å². The lowest BCUT2D eigenvalue weighted by molar-refractivity contribution is 1.19. The lowest BCUT2D eigenvalue weighted by atomic mass is 10.2. The number of nitrogens with zero attached hydrogens (tertiary/aromatic N) is 2. The number of rotatable bonds is 3. The first-order chi connectivity index (χ1) is 9.76. The van der Waals surface area contributed by atoms with Crippen LogP contribution >= 0.6 is 22.9 Å². The zero-order chi connectivity index (χ0) is 13.9. The summed E-state index contributed by atoms with van der Waals surface area (Å²) in [5.41, 5.74) is 2.50. The Morgan fingerprint density at radius 1 is 1.35 bits per heavy atom. The molecule has 0 amide bonds. The normalized spacial score (nSPS) is 10.4. The molecule has 0 atom stereocenters. The van der Waals surface area contributed by atoms with Crippen molar-refractivity contribution in [1.82, 2.24) is 4.98 Å². The third-order valence-electron chi connectivity index (χ3n) is 2.91. The first kappa shape index (κ1) is 12.9. The van der Waals surface area contributed by atoms with Crippen molar-refractivity contribution in [3.63, 3.8) is 0 Å². The zero-order valence-corrected chi connectivity index (χ0v) is 12.0. The first-order valence-electron chi connectivity index (χ1n) is 6.02. The van der Waals surface area contributed by atoms with E-state index in [2.05, 4.69) is 16.4 Å². The van der Waals surface area contributed by atoms with Crippen LogP contribution in [0.25, 0.3) is 10.9 Å². The smallest absolute Gasteiger partial charge is 0.100 e. The fraction of sp³-hybridized carbons (Fsp3) is 0.0667. The van der Waals surface area contributed by atoms with E-state index in [4.69, 9.17) is 16.9 Å². The second kappa shape index (κ2) is 5.49. The maximum absolute atomic E-state index is 8.82. The number of hydrogen-bond acceptors (Lipinski definition) is 4. The van der Waals surface area contributed by atoms with Crippen LogP contribution in [-0.2, 0) is 6.54 Å². The van der Waals surface area contributed by atoms with Crippen LogP contribution in [0.3, 0.4) is 0 Å². The van der Waals surface area contributed by atoms with Crippen LogP contribution in [0, 0.1) is 11.3 Å². The minimum Gasteiger partial charge on any atom is -0.378 e. The van der Waals surface area contributed by atoms with Gasteiger partial charge in [0.2, 0.25) is 0 Å². The molecule has 3 aromatic rings. The summed E-state index contributed by atoms with van der Waals surface area (Å²) in [5.74, 6) is 0. The molecule has 0 saturated carbocycles. The number of halogens is 1. The Morgan fingerprint density at radius 2 is 2.25 bits per heavy atom. The summed E-state index contributed by atoms with van der Waals surface area (Å²) in [4.78, 5) is 5.49. The fourth-order valence-corrected chi connectivity index (χ4v) is 2.98. The van der Waals surface area contributed by atoms with E-state index in [1.165, 1.54) is 0 Å². The molecule has 98 valence electrons. The number of thiophene rings is 1. The summed E-state index contributed by atoms with van der Waals surface area (Å²) in [6, 6.07) is 11.7. The molecule has 0 fully saturated rings. The molecule has 1 N–H and O–H groups in total. The molecule has 2 aromatic heterocycles. The van der Waals surface area contributed by atoms with Crippen LogP contribution in [0.1, 0.15) is 10.4 Å². The molecule has 2 heterocycles. The van der Waals surface area contributed by atoms with Crippen molar-refractivity contribution < 1.29 is 0 Å². The largest absolute Gasteiger partial charge is 0.378 e. The molecule has 3 nitrogen and oxygen atoms in total. The number of nitrogens with one attached hydrogen (secondary N) is 1. The highest BCUT2D eigenvalue weighted by Crippen LogP contribution is 2.27. The van der Waals surface area contributed by atoms with E-state index in [9.17, 15) is 0 Å². The van der Waals surface area contributed by atoms with Crippen LogP contribution in [0.4, 0.5) is 5.69 Å². The highest BCUT2D eigenvalue weighted by atomic mass is 35.5.